The average molecular weight is 199 g/mol. The van der Waals surface area contributed by atoms with Gasteiger partial charge in [-0.05, 0) is 11.6 Å². The van der Waals surface area contributed by atoms with Gasteiger partial charge in [0.05, 0.1) is 17.2 Å². The SMILES string of the molecule is NC(=O)c1c(Cl)cccc1[CH]CO. The molecule has 0 atom stereocenters. The maximum Gasteiger partial charge on any atom is 0.250 e. The van der Waals surface area contributed by atoms with Crippen molar-refractivity contribution in [1.29, 1.82) is 0 Å². The van der Waals surface area contributed by atoms with Gasteiger partial charge in [-0.1, -0.05) is 23.7 Å². The number of aliphatic hydroxyl groups is 1. The Morgan fingerprint density at radius 2 is 2.31 bits per heavy atom. The molecule has 1 rings (SSSR count). The molecule has 1 aromatic rings. The second-order valence-electron chi connectivity index (χ2n) is 2.46. The molecular weight excluding hydrogens is 190 g/mol. The quantitative estimate of drug-likeness (QED) is 0.761. The molecule has 0 saturated heterocycles. The van der Waals surface area contributed by atoms with E-state index in [-0.39, 0.29) is 12.2 Å². The van der Waals surface area contributed by atoms with Gasteiger partial charge >= 0.3 is 0 Å². The Hall–Kier alpha value is -1.06. The van der Waals surface area contributed by atoms with Gasteiger partial charge in [0.2, 0.25) is 0 Å². The molecule has 0 saturated carbocycles. The first-order chi connectivity index (χ1) is 6.16. The number of benzene rings is 1. The van der Waals surface area contributed by atoms with Gasteiger partial charge in [0, 0.05) is 6.42 Å². The molecule has 3 N–H and O–H groups in total. The molecule has 0 fully saturated rings. The topological polar surface area (TPSA) is 63.3 Å². The number of nitrogens with two attached hydrogens (primary N) is 1. The predicted octanol–water partition coefficient (Wildman–Crippen LogP) is 0.984. The van der Waals surface area contributed by atoms with Gasteiger partial charge < -0.3 is 10.8 Å². The first-order valence-electron chi connectivity index (χ1n) is 3.69. The lowest BCUT2D eigenvalue weighted by atomic mass is 10.0. The van der Waals surface area contributed by atoms with Crippen molar-refractivity contribution in [2.45, 2.75) is 0 Å². The zero-order valence-corrected chi connectivity index (χ0v) is 7.58. The summed E-state index contributed by atoms with van der Waals surface area (Å²) in [6.07, 6.45) is 1.48. The molecule has 0 aliphatic rings. The normalized spacial score (nSPS) is 10.0. The van der Waals surface area contributed by atoms with E-state index in [0.717, 1.165) is 0 Å². The summed E-state index contributed by atoms with van der Waals surface area (Å²) < 4.78 is 0. The molecule has 13 heavy (non-hydrogen) atoms. The molecule has 69 valence electrons. The molecule has 0 aliphatic heterocycles. The van der Waals surface area contributed by atoms with E-state index in [4.69, 9.17) is 22.4 Å². The van der Waals surface area contributed by atoms with E-state index in [1.54, 1.807) is 18.2 Å². The number of hydrogen-bond acceptors (Lipinski definition) is 2. The van der Waals surface area contributed by atoms with E-state index in [2.05, 4.69) is 0 Å². The van der Waals surface area contributed by atoms with Gasteiger partial charge in [0.15, 0.2) is 0 Å². The fraction of sp³-hybridized carbons (Fsp3) is 0.111. The summed E-state index contributed by atoms with van der Waals surface area (Å²) in [5, 5.41) is 8.97. The van der Waals surface area contributed by atoms with Crippen LogP contribution in [0.2, 0.25) is 5.02 Å². The van der Waals surface area contributed by atoms with Crippen LogP contribution in [0.4, 0.5) is 0 Å². The van der Waals surface area contributed by atoms with Crippen molar-refractivity contribution in [3.8, 4) is 0 Å². The van der Waals surface area contributed by atoms with E-state index in [1.165, 1.54) is 6.42 Å². The molecule has 4 heteroatoms. The Labute approximate surface area is 81.1 Å². The van der Waals surface area contributed by atoms with Crippen LogP contribution in [0.15, 0.2) is 18.2 Å². The molecular formula is C9H9ClNO2. The number of halogens is 1. The second-order valence-corrected chi connectivity index (χ2v) is 2.86. The van der Waals surface area contributed by atoms with Crippen LogP contribution in [-0.2, 0) is 0 Å². The van der Waals surface area contributed by atoms with E-state index < -0.39 is 5.91 Å². The number of hydrogen-bond donors (Lipinski definition) is 2. The average Bonchev–Trinajstić information content (AvgIpc) is 2.04. The largest absolute Gasteiger partial charge is 0.396 e. The smallest absolute Gasteiger partial charge is 0.250 e. The van der Waals surface area contributed by atoms with Crippen LogP contribution in [0, 0.1) is 6.42 Å². The van der Waals surface area contributed by atoms with Gasteiger partial charge in [-0.3, -0.25) is 4.79 Å². The predicted molar refractivity (Wildman–Crippen MR) is 50.5 cm³/mol. The van der Waals surface area contributed by atoms with Crippen LogP contribution in [0.5, 0.6) is 0 Å². The highest BCUT2D eigenvalue weighted by Gasteiger charge is 2.11. The standard InChI is InChI=1S/C9H9ClNO2/c10-7-3-1-2-6(4-5-12)8(7)9(11)13/h1-4,12H,5H2,(H2,11,13). The van der Waals surface area contributed by atoms with Gasteiger partial charge in [-0.15, -0.1) is 0 Å². The number of amides is 1. The molecule has 0 unspecified atom stereocenters. The van der Waals surface area contributed by atoms with Crippen molar-refractivity contribution in [2.24, 2.45) is 5.73 Å². The monoisotopic (exact) mass is 198 g/mol. The van der Waals surface area contributed by atoms with Crippen LogP contribution in [0.25, 0.3) is 0 Å². The van der Waals surface area contributed by atoms with E-state index in [9.17, 15) is 4.79 Å². The Kier molecular flexibility index (Phi) is 3.28. The molecule has 1 aromatic carbocycles. The third-order valence-corrected chi connectivity index (χ3v) is 1.92. The van der Waals surface area contributed by atoms with Crippen LogP contribution in [0.3, 0.4) is 0 Å². The van der Waals surface area contributed by atoms with Gasteiger partial charge in [0.25, 0.3) is 5.91 Å². The Morgan fingerprint density at radius 3 is 2.85 bits per heavy atom. The van der Waals surface area contributed by atoms with Crippen LogP contribution in [0.1, 0.15) is 15.9 Å². The van der Waals surface area contributed by atoms with Crippen molar-refractivity contribution in [2.75, 3.05) is 6.61 Å². The van der Waals surface area contributed by atoms with Gasteiger partial charge in [-0.25, -0.2) is 0 Å². The van der Waals surface area contributed by atoms with E-state index in [1.807, 2.05) is 0 Å². The molecule has 0 bridgehead atoms. The van der Waals surface area contributed by atoms with Crippen molar-refractivity contribution >= 4 is 17.5 Å². The summed E-state index contributed by atoms with van der Waals surface area (Å²) in [6.45, 7) is -0.152. The zero-order valence-electron chi connectivity index (χ0n) is 6.83. The fourth-order valence-corrected chi connectivity index (χ4v) is 1.34. The fourth-order valence-electron chi connectivity index (χ4n) is 1.07. The van der Waals surface area contributed by atoms with Crippen molar-refractivity contribution < 1.29 is 9.90 Å². The molecule has 0 spiro atoms. The summed E-state index contributed by atoms with van der Waals surface area (Å²) in [5.41, 5.74) is 5.93. The Bertz CT molecular complexity index is 325. The number of primary amides is 1. The van der Waals surface area contributed by atoms with Crippen molar-refractivity contribution in [3.05, 3.63) is 40.8 Å². The van der Waals surface area contributed by atoms with Crippen LogP contribution < -0.4 is 5.73 Å². The van der Waals surface area contributed by atoms with Crippen molar-refractivity contribution in [3.63, 3.8) is 0 Å². The second kappa shape index (κ2) is 4.25. The molecule has 1 amide bonds. The molecule has 0 heterocycles. The molecule has 0 aliphatic carbocycles. The van der Waals surface area contributed by atoms with Gasteiger partial charge in [0.1, 0.15) is 0 Å². The van der Waals surface area contributed by atoms with Crippen LogP contribution in [-0.4, -0.2) is 17.6 Å². The molecule has 0 aromatic heterocycles. The summed E-state index contributed by atoms with van der Waals surface area (Å²) in [5.74, 6) is -0.592. The van der Waals surface area contributed by atoms with Crippen LogP contribution >= 0.6 is 11.6 Å². The van der Waals surface area contributed by atoms with Gasteiger partial charge in [-0.2, -0.15) is 0 Å². The number of rotatable bonds is 3. The minimum absolute atomic E-state index is 0.152. The van der Waals surface area contributed by atoms with E-state index in [0.29, 0.717) is 10.6 Å². The summed E-state index contributed by atoms with van der Waals surface area (Å²) >= 11 is 5.76. The third kappa shape index (κ3) is 2.20. The summed E-state index contributed by atoms with van der Waals surface area (Å²) in [4.78, 5) is 11.0. The minimum Gasteiger partial charge on any atom is -0.396 e. The highest BCUT2D eigenvalue weighted by atomic mass is 35.5. The van der Waals surface area contributed by atoms with E-state index >= 15 is 0 Å². The number of aliphatic hydroxyl groups excluding tert-OH is 1. The maximum absolute atomic E-state index is 11.0. The zero-order chi connectivity index (χ0) is 9.84. The lowest BCUT2D eigenvalue weighted by molar-refractivity contribution is 0.1000. The summed E-state index contributed by atoms with van der Waals surface area (Å²) in [6, 6.07) is 4.94. The third-order valence-electron chi connectivity index (χ3n) is 1.60. The lowest BCUT2D eigenvalue weighted by Crippen LogP contribution is -2.14. The highest BCUT2D eigenvalue weighted by molar-refractivity contribution is 6.34. The Balaban J connectivity index is 3.17. The van der Waals surface area contributed by atoms with Crippen molar-refractivity contribution in [1.82, 2.24) is 0 Å². The Morgan fingerprint density at radius 1 is 1.62 bits per heavy atom. The number of carbonyl (C=O) groups is 1. The molecule has 1 radical (unpaired) electrons. The first-order valence-corrected chi connectivity index (χ1v) is 4.07. The number of carbonyl (C=O) groups excluding carboxylic acids is 1. The summed E-state index contributed by atoms with van der Waals surface area (Å²) in [7, 11) is 0. The highest BCUT2D eigenvalue weighted by Crippen LogP contribution is 2.20. The maximum atomic E-state index is 11.0. The first kappa shape index (κ1) is 10.0. The minimum atomic E-state index is -0.592. The lowest BCUT2D eigenvalue weighted by Gasteiger charge is -2.05. The molecule has 3 nitrogen and oxygen atoms in total.